The van der Waals surface area contributed by atoms with E-state index in [2.05, 4.69) is 24.3 Å². The minimum absolute atomic E-state index is 0.114. The smallest absolute Gasteiger partial charge is 0.232 e. The zero-order valence-electron chi connectivity index (χ0n) is 12.6. The summed E-state index contributed by atoms with van der Waals surface area (Å²) in [7, 11) is 0. The summed E-state index contributed by atoms with van der Waals surface area (Å²) in [5.74, 6) is 0.496. The van der Waals surface area contributed by atoms with Crippen LogP contribution >= 0.6 is 12.2 Å². The summed E-state index contributed by atoms with van der Waals surface area (Å²) in [6.07, 6.45) is 3.93. The molecule has 1 aromatic carbocycles. The number of carbonyl (C=O) groups excluding carboxylic acids is 1. The van der Waals surface area contributed by atoms with Gasteiger partial charge in [0.1, 0.15) is 0 Å². The molecule has 2 N–H and O–H groups in total. The maximum Gasteiger partial charge on any atom is 0.232 e. The monoisotopic (exact) mass is 304 g/mol. The molecule has 1 aliphatic heterocycles. The quantitative estimate of drug-likeness (QED) is 0.851. The van der Waals surface area contributed by atoms with Gasteiger partial charge >= 0.3 is 0 Å². The second kappa shape index (κ2) is 7.55. The molecule has 3 nitrogen and oxygen atoms in total. The van der Waals surface area contributed by atoms with E-state index in [0.717, 1.165) is 32.4 Å². The van der Waals surface area contributed by atoms with Gasteiger partial charge in [0.15, 0.2) is 0 Å². The van der Waals surface area contributed by atoms with Crippen molar-refractivity contribution < 1.29 is 4.79 Å². The highest BCUT2D eigenvalue weighted by Crippen LogP contribution is 2.23. The second-order valence-corrected chi connectivity index (χ2v) is 6.29. The van der Waals surface area contributed by atoms with Gasteiger partial charge in [0.2, 0.25) is 5.91 Å². The number of amides is 1. The first-order valence-corrected chi connectivity index (χ1v) is 8.14. The van der Waals surface area contributed by atoms with Gasteiger partial charge in [-0.2, -0.15) is 0 Å². The van der Waals surface area contributed by atoms with Crippen LogP contribution in [0.25, 0.3) is 0 Å². The zero-order chi connectivity index (χ0) is 15.2. The van der Waals surface area contributed by atoms with Crippen LogP contribution in [0.15, 0.2) is 30.3 Å². The van der Waals surface area contributed by atoms with Gasteiger partial charge in [-0.05, 0) is 37.2 Å². The average molecular weight is 304 g/mol. The van der Waals surface area contributed by atoms with Crippen LogP contribution in [0.4, 0.5) is 0 Å². The lowest BCUT2D eigenvalue weighted by molar-refractivity contribution is -0.134. The minimum Gasteiger partial charge on any atom is -0.393 e. The van der Waals surface area contributed by atoms with Gasteiger partial charge in [-0.15, -0.1) is 0 Å². The Bertz CT molecular complexity index is 481. The summed E-state index contributed by atoms with van der Waals surface area (Å²) >= 11 is 5.00. The number of likely N-dealkylation sites (tertiary alicyclic amines) is 1. The lowest BCUT2D eigenvalue weighted by atomic mass is 9.89. The van der Waals surface area contributed by atoms with Gasteiger partial charge in [0, 0.05) is 13.1 Å². The van der Waals surface area contributed by atoms with E-state index in [9.17, 15) is 4.79 Å². The molecule has 0 radical (unpaired) electrons. The van der Waals surface area contributed by atoms with Gasteiger partial charge in [0.25, 0.3) is 0 Å². The normalized spacial score (nSPS) is 17.5. The molecule has 1 unspecified atom stereocenters. The van der Waals surface area contributed by atoms with E-state index >= 15 is 0 Å². The van der Waals surface area contributed by atoms with Gasteiger partial charge < -0.3 is 10.6 Å². The van der Waals surface area contributed by atoms with Crippen LogP contribution in [0.3, 0.4) is 0 Å². The number of piperidine rings is 1. The van der Waals surface area contributed by atoms with E-state index in [-0.39, 0.29) is 11.8 Å². The average Bonchev–Trinajstić information content (AvgIpc) is 2.49. The Morgan fingerprint density at radius 3 is 2.48 bits per heavy atom. The maximum absolute atomic E-state index is 12.4. The number of thiocarbonyl (C=S) groups is 1. The van der Waals surface area contributed by atoms with Crippen LogP contribution in [0.2, 0.25) is 0 Å². The summed E-state index contributed by atoms with van der Waals surface area (Å²) in [4.78, 5) is 14.7. The van der Waals surface area contributed by atoms with Crippen LogP contribution in [-0.2, 0) is 11.2 Å². The summed E-state index contributed by atoms with van der Waals surface area (Å²) in [5, 5.41) is 0. The van der Waals surface area contributed by atoms with Crippen molar-refractivity contribution in [1.82, 2.24) is 4.90 Å². The second-order valence-electron chi connectivity index (χ2n) is 5.82. The van der Waals surface area contributed by atoms with Crippen molar-refractivity contribution >= 4 is 23.1 Å². The van der Waals surface area contributed by atoms with Crippen molar-refractivity contribution in [2.24, 2.45) is 17.6 Å². The van der Waals surface area contributed by atoms with E-state index < -0.39 is 0 Å². The summed E-state index contributed by atoms with van der Waals surface area (Å²) in [5.41, 5.74) is 7.05. The molecule has 1 aromatic rings. The molecule has 1 atom stereocenters. The molecule has 1 aliphatic rings. The highest BCUT2D eigenvalue weighted by atomic mass is 32.1. The first-order valence-electron chi connectivity index (χ1n) is 7.73. The van der Waals surface area contributed by atoms with E-state index in [4.69, 9.17) is 18.0 Å². The molecule has 1 saturated heterocycles. The molecule has 0 aromatic heterocycles. The van der Waals surface area contributed by atoms with E-state index in [0.29, 0.717) is 17.3 Å². The highest BCUT2D eigenvalue weighted by molar-refractivity contribution is 7.80. The molecule has 0 bridgehead atoms. The molecule has 1 heterocycles. The Kier molecular flexibility index (Phi) is 5.74. The molecule has 21 heavy (non-hydrogen) atoms. The van der Waals surface area contributed by atoms with Gasteiger partial charge in [-0.1, -0.05) is 49.5 Å². The number of rotatable bonds is 5. The standard InChI is InChI=1S/C17H24N2OS/c1-2-15(16(18)21)17(20)19-10-8-14(9-11-19)12-13-6-4-3-5-7-13/h3-7,14-15H,2,8-12H2,1H3,(H2,18,21). The van der Waals surface area contributed by atoms with Crippen molar-refractivity contribution in [2.75, 3.05) is 13.1 Å². The largest absolute Gasteiger partial charge is 0.393 e. The van der Waals surface area contributed by atoms with Crippen LogP contribution in [0, 0.1) is 11.8 Å². The van der Waals surface area contributed by atoms with Crippen molar-refractivity contribution in [2.45, 2.75) is 32.6 Å². The molecule has 2 rings (SSSR count). The van der Waals surface area contributed by atoms with Crippen LogP contribution in [-0.4, -0.2) is 28.9 Å². The predicted molar refractivity (Wildman–Crippen MR) is 90.0 cm³/mol. The molecule has 0 spiro atoms. The van der Waals surface area contributed by atoms with Crippen LogP contribution < -0.4 is 5.73 Å². The number of hydrogen-bond donors (Lipinski definition) is 1. The lowest BCUT2D eigenvalue weighted by Gasteiger charge is -2.34. The Hall–Kier alpha value is -1.42. The molecule has 0 saturated carbocycles. The third-order valence-corrected chi connectivity index (χ3v) is 4.63. The molecule has 0 aliphatic carbocycles. The Morgan fingerprint density at radius 2 is 1.95 bits per heavy atom. The first kappa shape index (κ1) is 16.0. The fourth-order valence-corrected chi connectivity index (χ4v) is 3.29. The number of nitrogens with zero attached hydrogens (tertiary/aromatic N) is 1. The van der Waals surface area contributed by atoms with Crippen molar-refractivity contribution in [1.29, 1.82) is 0 Å². The van der Waals surface area contributed by atoms with Gasteiger partial charge in [0.05, 0.1) is 10.9 Å². The van der Waals surface area contributed by atoms with Gasteiger partial charge in [-0.3, -0.25) is 4.79 Å². The Balaban J connectivity index is 1.85. The fraction of sp³-hybridized carbons (Fsp3) is 0.529. The van der Waals surface area contributed by atoms with E-state index in [1.807, 2.05) is 17.9 Å². The van der Waals surface area contributed by atoms with Crippen molar-refractivity contribution in [3.05, 3.63) is 35.9 Å². The highest BCUT2D eigenvalue weighted by Gasteiger charge is 2.28. The Labute approximate surface area is 132 Å². The topological polar surface area (TPSA) is 46.3 Å². The molecule has 4 heteroatoms. The molecule has 114 valence electrons. The molecule has 1 amide bonds. The minimum atomic E-state index is -0.286. The number of nitrogens with two attached hydrogens (primary N) is 1. The Morgan fingerprint density at radius 1 is 1.33 bits per heavy atom. The van der Waals surface area contributed by atoms with E-state index in [1.54, 1.807) is 0 Å². The van der Waals surface area contributed by atoms with Crippen molar-refractivity contribution in [3.63, 3.8) is 0 Å². The van der Waals surface area contributed by atoms with Crippen LogP contribution in [0.1, 0.15) is 31.7 Å². The van der Waals surface area contributed by atoms with Crippen molar-refractivity contribution in [3.8, 4) is 0 Å². The zero-order valence-corrected chi connectivity index (χ0v) is 13.4. The summed E-state index contributed by atoms with van der Waals surface area (Å²) < 4.78 is 0. The summed E-state index contributed by atoms with van der Waals surface area (Å²) in [6, 6.07) is 10.6. The number of benzene rings is 1. The summed E-state index contributed by atoms with van der Waals surface area (Å²) in [6.45, 7) is 3.62. The molecule has 1 fully saturated rings. The predicted octanol–water partition coefficient (Wildman–Crippen LogP) is 2.78. The molecular formula is C17H24N2OS. The maximum atomic E-state index is 12.4. The van der Waals surface area contributed by atoms with Crippen LogP contribution in [0.5, 0.6) is 0 Å². The van der Waals surface area contributed by atoms with E-state index in [1.165, 1.54) is 5.56 Å². The lowest BCUT2D eigenvalue weighted by Crippen LogP contribution is -2.45. The van der Waals surface area contributed by atoms with Gasteiger partial charge in [-0.25, -0.2) is 0 Å². The fourth-order valence-electron chi connectivity index (χ4n) is 3.02. The third-order valence-electron chi connectivity index (χ3n) is 4.34. The first-order chi connectivity index (χ1) is 10.1. The SMILES string of the molecule is CCC(C(=O)N1CCC(Cc2ccccc2)CC1)C(N)=S. The number of hydrogen-bond acceptors (Lipinski definition) is 2. The molecular weight excluding hydrogens is 280 g/mol. The number of carbonyl (C=O) groups is 1. The third kappa shape index (κ3) is 4.27.